The van der Waals surface area contributed by atoms with Gasteiger partial charge < -0.3 is 5.32 Å². The van der Waals surface area contributed by atoms with Crippen molar-refractivity contribution in [2.75, 3.05) is 5.32 Å². The minimum atomic E-state index is -4.69. The number of nitriles is 1. The summed E-state index contributed by atoms with van der Waals surface area (Å²) < 4.78 is 41.5. The molecule has 9 heteroatoms. The van der Waals surface area contributed by atoms with Gasteiger partial charge in [0.25, 0.3) is 0 Å². The van der Waals surface area contributed by atoms with E-state index in [-0.39, 0.29) is 12.1 Å². The highest BCUT2D eigenvalue weighted by molar-refractivity contribution is 5.92. The molecular formula is C28H18F3N5O. The topological polar surface area (TPSA) is 83.1 Å². The number of alkyl halides is 3. The van der Waals surface area contributed by atoms with Crippen molar-refractivity contribution in [2.45, 2.75) is 12.6 Å². The molecule has 37 heavy (non-hydrogen) atoms. The molecule has 0 aliphatic carbocycles. The Labute approximate surface area is 209 Å². The number of halogens is 3. The van der Waals surface area contributed by atoms with E-state index in [0.29, 0.717) is 5.56 Å². The molecule has 0 bridgehead atoms. The lowest BCUT2D eigenvalue weighted by Crippen LogP contribution is -2.16. The van der Waals surface area contributed by atoms with Crippen LogP contribution in [-0.2, 0) is 17.4 Å². The van der Waals surface area contributed by atoms with E-state index in [1.807, 2.05) is 47.0 Å². The highest BCUT2D eigenvalue weighted by atomic mass is 19.4. The number of carbonyl (C=O) groups excluding carboxylic acids is 1. The number of nitrogens with zero attached hydrogens (tertiary/aromatic N) is 4. The van der Waals surface area contributed by atoms with E-state index in [0.717, 1.165) is 40.2 Å². The van der Waals surface area contributed by atoms with E-state index in [9.17, 15) is 18.0 Å². The first kappa shape index (κ1) is 23.8. The predicted octanol–water partition coefficient (Wildman–Crippen LogP) is 6.13. The molecule has 3 heterocycles. The fraction of sp³-hybridized carbons (Fsp3) is 0.0714. The van der Waals surface area contributed by atoms with Crippen LogP contribution in [0.15, 0.2) is 91.5 Å². The van der Waals surface area contributed by atoms with Gasteiger partial charge in [-0.25, -0.2) is 4.98 Å². The summed E-state index contributed by atoms with van der Waals surface area (Å²) in [5, 5.41) is 11.4. The largest absolute Gasteiger partial charge is 0.417 e. The molecule has 0 saturated heterocycles. The molecule has 6 nitrogen and oxygen atoms in total. The summed E-state index contributed by atoms with van der Waals surface area (Å²) in [7, 11) is 0. The number of hydrogen-bond donors (Lipinski definition) is 1. The van der Waals surface area contributed by atoms with Crippen LogP contribution in [0, 0.1) is 11.3 Å². The van der Waals surface area contributed by atoms with Crippen LogP contribution in [0.25, 0.3) is 28.0 Å². The fourth-order valence-corrected chi connectivity index (χ4v) is 4.06. The van der Waals surface area contributed by atoms with Crippen LogP contribution in [-0.4, -0.2) is 20.3 Å². The van der Waals surface area contributed by atoms with Crippen LogP contribution in [0.4, 0.5) is 18.9 Å². The lowest BCUT2D eigenvalue weighted by molar-refractivity contribution is -0.137. The number of rotatable bonds is 5. The van der Waals surface area contributed by atoms with Crippen LogP contribution in [0.5, 0.6) is 0 Å². The molecule has 0 saturated carbocycles. The number of benzene rings is 2. The quantitative estimate of drug-likeness (QED) is 0.316. The fourth-order valence-electron chi connectivity index (χ4n) is 4.06. The number of amides is 1. The van der Waals surface area contributed by atoms with E-state index < -0.39 is 23.2 Å². The third-order valence-corrected chi connectivity index (χ3v) is 5.87. The zero-order valence-electron chi connectivity index (χ0n) is 19.2. The van der Waals surface area contributed by atoms with E-state index >= 15 is 0 Å². The van der Waals surface area contributed by atoms with Crippen LogP contribution in [0.1, 0.15) is 16.7 Å². The van der Waals surface area contributed by atoms with E-state index in [1.54, 1.807) is 30.7 Å². The standard InChI is InChI=1S/C28H18F3N5O/c29-28(30,31)24-15-23(6-5-22(24)16-32)35-27(37)13-18-1-3-20(4-2-18)25-17-34-26-14-21(9-12-36(25)26)19-7-10-33-11-8-19/h1-12,14-15,17H,13H2,(H,35,37). The van der Waals surface area contributed by atoms with Gasteiger partial charge in [-0.3, -0.25) is 14.2 Å². The summed E-state index contributed by atoms with van der Waals surface area (Å²) in [5.74, 6) is -0.468. The number of pyridine rings is 2. The molecule has 0 radical (unpaired) electrons. The van der Waals surface area contributed by atoms with Crippen molar-refractivity contribution in [3.05, 3.63) is 108 Å². The summed E-state index contributed by atoms with van der Waals surface area (Å²) in [6, 6.07) is 19.8. The zero-order valence-corrected chi connectivity index (χ0v) is 19.2. The van der Waals surface area contributed by atoms with Gasteiger partial charge in [0.05, 0.1) is 35.5 Å². The van der Waals surface area contributed by atoms with Gasteiger partial charge in [0.1, 0.15) is 5.65 Å². The van der Waals surface area contributed by atoms with Gasteiger partial charge in [0.2, 0.25) is 5.91 Å². The molecule has 0 spiro atoms. The van der Waals surface area contributed by atoms with Crippen molar-refractivity contribution < 1.29 is 18.0 Å². The smallest absolute Gasteiger partial charge is 0.326 e. The molecule has 182 valence electrons. The highest BCUT2D eigenvalue weighted by Crippen LogP contribution is 2.33. The van der Waals surface area contributed by atoms with Crippen LogP contribution >= 0.6 is 0 Å². The number of imidazole rings is 1. The Morgan fingerprint density at radius 2 is 1.70 bits per heavy atom. The molecule has 0 atom stereocenters. The molecule has 3 aromatic heterocycles. The van der Waals surface area contributed by atoms with Gasteiger partial charge in [-0.05, 0) is 59.2 Å². The normalized spacial score (nSPS) is 11.3. The van der Waals surface area contributed by atoms with E-state index in [2.05, 4.69) is 15.3 Å². The van der Waals surface area contributed by atoms with Crippen molar-refractivity contribution in [1.29, 1.82) is 5.26 Å². The molecule has 0 fully saturated rings. The maximum Gasteiger partial charge on any atom is 0.417 e. The number of fused-ring (bicyclic) bond motifs is 1. The van der Waals surface area contributed by atoms with Gasteiger partial charge in [-0.15, -0.1) is 0 Å². The Kier molecular flexibility index (Phi) is 6.15. The Morgan fingerprint density at radius 1 is 0.946 bits per heavy atom. The van der Waals surface area contributed by atoms with Crippen molar-refractivity contribution in [3.8, 4) is 28.5 Å². The number of carbonyl (C=O) groups is 1. The van der Waals surface area contributed by atoms with Crippen molar-refractivity contribution in [1.82, 2.24) is 14.4 Å². The molecule has 2 aromatic carbocycles. The molecule has 5 rings (SSSR count). The first-order chi connectivity index (χ1) is 17.8. The summed E-state index contributed by atoms with van der Waals surface area (Å²) in [6.07, 6.45) is 2.48. The van der Waals surface area contributed by atoms with Gasteiger partial charge in [0, 0.05) is 29.8 Å². The minimum Gasteiger partial charge on any atom is -0.326 e. The van der Waals surface area contributed by atoms with Gasteiger partial charge in [-0.1, -0.05) is 24.3 Å². The van der Waals surface area contributed by atoms with Crippen LogP contribution in [0.2, 0.25) is 0 Å². The molecule has 5 aromatic rings. The number of anilines is 1. The highest BCUT2D eigenvalue weighted by Gasteiger charge is 2.34. The van der Waals surface area contributed by atoms with Crippen LogP contribution in [0.3, 0.4) is 0 Å². The Morgan fingerprint density at radius 3 is 2.41 bits per heavy atom. The van der Waals surface area contributed by atoms with E-state index in [1.165, 1.54) is 12.1 Å². The third kappa shape index (κ3) is 5.04. The van der Waals surface area contributed by atoms with Gasteiger partial charge in [0.15, 0.2) is 0 Å². The van der Waals surface area contributed by atoms with Gasteiger partial charge in [-0.2, -0.15) is 18.4 Å². The molecule has 0 aliphatic rings. The van der Waals surface area contributed by atoms with Crippen molar-refractivity contribution >= 4 is 17.2 Å². The lowest BCUT2D eigenvalue weighted by atomic mass is 10.1. The van der Waals surface area contributed by atoms with Crippen molar-refractivity contribution in [2.24, 2.45) is 0 Å². The average molecular weight is 497 g/mol. The predicted molar refractivity (Wildman–Crippen MR) is 132 cm³/mol. The summed E-state index contributed by atoms with van der Waals surface area (Å²) in [6.45, 7) is 0. The Hall–Kier alpha value is -4.97. The molecule has 1 N–H and O–H groups in total. The Balaban J connectivity index is 1.30. The molecule has 1 amide bonds. The SMILES string of the molecule is N#Cc1ccc(NC(=O)Cc2ccc(-c3cnc4cc(-c5ccncc5)ccn34)cc2)cc1C(F)(F)F. The number of hydrogen-bond acceptors (Lipinski definition) is 4. The molecule has 0 aliphatic heterocycles. The number of aromatic nitrogens is 3. The average Bonchev–Trinajstić information content (AvgIpc) is 3.32. The maximum absolute atomic E-state index is 13.2. The summed E-state index contributed by atoms with van der Waals surface area (Å²) >= 11 is 0. The van der Waals surface area contributed by atoms with Crippen molar-refractivity contribution in [3.63, 3.8) is 0 Å². The molecule has 0 unspecified atom stereocenters. The van der Waals surface area contributed by atoms with E-state index in [4.69, 9.17) is 5.26 Å². The minimum absolute atomic E-state index is 0.0233. The second-order valence-electron chi connectivity index (χ2n) is 8.31. The zero-order chi connectivity index (χ0) is 26.0. The lowest BCUT2D eigenvalue weighted by Gasteiger charge is -2.12. The maximum atomic E-state index is 13.2. The molecular weight excluding hydrogens is 479 g/mol. The monoisotopic (exact) mass is 497 g/mol. The summed E-state index contributed by atoms with van der Waals surface area (Å²) in [5.41, 5.74) is 3.72. The second-order valence-corrected chi connectivity index (χ2v) is 8.31. The summed E-state index contributed by atoms with van der Waals surface area (Å²) in [4.78, 5) is 21.0. The number of nitrogens with one attached hydrogen (secondary N) is 1. The first-order valence-corrected chi connectivity index (χ1v) is 11.2. The van der Waals surface area contributed by atoms with Crippen LogP contribution < -0.4 is 5.32 Å². The second kappa shape index (κ2) is 9.59. The third-order valence-electron chi connectivity index (χ3n) is 5.87. The van der Waals surface area contributed by atoms with Gasteiger partial charge >= 0.3 is 6.18 Å². The first-order valence-electron chi connectivity index (χ1n) is 11.2. The Bertz CT molecular complexity index is 1640.